The number of rotatable bonds is 6. The SMILES string of the molecule is CC(O)CN(C)C(=O)CCS(=O)(=O)c1ccccc1. The normalized spacial score (nSPS) is 13.0. The molecule has 0 spiro atoms. The summed E-state index contributed by atoms with van der Waals surface area (Å²) in [6, 6.07) is 8.06. The highest BCUT2D eigenvalue weighted by atomic mass is 32.2. The summed E-state index contributed by atoms with van der Waals surface area (Å²) in [6.45, 7) is 1.77. The van der Waals surface area contributed by atoms with E-state index in [2.05, 4.69) is 0 Å². The highest BCUT2D eigenvalue weighted by molar-refractivity contribution is 7.91. The third kappa shape index (κ3) is 5.00. The summed E-state index contributed by atoms with van der Waals surface area (Å²) >= 11 is 0. The maximum atomic E-state index is 12.0. The van der Waals surface area contributed by atoms with E-state index in [4.69, 9.17) is 5.11 Å². The van der Waals surface area contributed by atoms with E-state index in [9.17, 15) is 13.2 Å². The molecule has 0 aromatic heterocycles. The molecule has 0 saturated heterocycles. The number of amides is 1. The largest absolute Gasteiger partial charge is 0.392 e. The number of hydrogen-bond donors (Lipinski definition) is 1. The molecule has 0 heterocycles. The first kappa shape index (κ1) is 15.7. The van der Waals surface area contributed by atoms with Gasteiger partial charge in [-0.15, -0.1) is 0 Å². The van der Waals surface area contributed by atoms with Crippen molar-refractivity contribution in [3.63, 3.8) is 0 Å². The van der Waals surface area contributed by atoms with Gasteiger partial charge in [-0.2, -0.15) is 0 Å². The van der Waals surface area contributed by atoms with E-state index in [1.165, 1.54) is 17.0 Å². The van der Waals surface area contributed by atoms with E-state index in [0.717, 1.165) is 0 Å². The summed E-state index contributed by atoms with van der Waals surface area (Å²) in [6.07, 6.45) is -0.708. The van der Waals surface area contributed by atoms with Crippen LogP contribution in [-0.4, -0.2) is 49.8 Å². The second-order valence-corrected chi connectivity index (χ2v) is 6.61. The van der Waals surface area contributed by atoms with Crippen LogP contribution >= 0.6 is 0 Å². The molecule has 106 valence electrons. The number of hydrogen-bond acceptors (Lipinski definition) is 4. The lowest BCUT2D eigenvalue weighted by atomic mass is 10.3. The molecule has 1 aromatic rings. The second-order valence-electron chi connectivity index (χ2n) is 4.51. The highest BCUT2D eigenvalue weighted by Crippen LogP contribution is 2.11. The number of nitrogens with zero attached hydrogens (tertiary/aromatic N) is 1. The van der Waals surface area contributed by atoms with E-state index in [-0.39, 0.29) is 29.5 Å². The molecule has 0 aliphatic heterocycles. The summed E-state index contributed by atoms with van der Waals surface area (Å²) in [5.41, 5.74) is 0. The highest BCUT2D eigenvalue weighted by Gasteiger charge is 2.18. The summed E-state index contributed by atoms with van der Waals surface area (Å²) < 4.78 is 23.9. The van der Waals surface area contributed by atoms with Crippen molar-refractivity contribution in [3.05, 3.63) is 30.3 Å². The molecule has 5 nitrogen and oxygen atoms in total. The van der Waals surface area contributed by atoms with Crippen molar-refractivity contribution in [1.29, 1.82) is 0 Å². The number of carbonyl (C=O) groups is 1. The Morgan fingerprint density at radius 3 is 2.42 bits per heavy atom. The Morgan fingerprint density at radius 2 is 1.89 bits per heavy atom. The van der Waals surface area contributed by atoms with E-state index < -0.39 is 15.9 Å². The van der Waals surface area contributed by atoms with E-state index >= 15 is 0 Å². The zero-order valence-electron chi connectivity index (χ0n) is 11.1. The Labute approximate surface area is 113 Å². The van der Waals surface area contributed by atoms with Gasteiger partial charge in [0.25, 0.3) is 0 Å². The van der Waals surface area contributed by atoms with E-state index in [1.807, 2.05) is 0 Å². The lowest BCUT2D eigenvalue weighted by molar-refractivity contribution is -0.130. The molecule has 1 rings (SSSR count). The van der Waals surface area contributed by atoms with Crippen LogP contribution in [0.3, 0.4) is 0 Å². The predicted octanol–water partition coefficient (Wildman–Crippen LogP) is 0.690. The number of carbonyl (C=O) groups excluding carboxylic acids is 1. The molecule has 0 saturated carbocycles. The molecule has 0 aliphatic rings. The number of aliphatic hydroxyl groups excluding tert-OH is 1. The van der Waals surface area contributed by atoms with E-state index in [0.29, 0.717) is 0 Å². The van der Waals surface area contributed by atoms with Crippen molar-refractivity contribution in [3.8, 4) is 0 Å². The first-order valence-electron chi connectivity index (χ1n) is 6.03. The van der Waals surface area contributed by atoms with Crippen LogP contribution in [0.5, 0.6) is 0 Å². The molecule has 1 N–H and O–H groups in total. The number of sulfone groups is 1. The standard InChI is InChI=1S/C13H19NO4S/c1-11(15)10-14(2)13(16)8-9-19(17,18)12-6-4-3-5-7-12/h3-7,11,15H,8-10H2,1-2H3. The topological polar surface area (TPSA) is 74.7 Å². The Bertz CT molecular complexity index is 511. The van der Waals surface area contributed by atoms with Gasteiger partial charge >= 0.3 is 0 Å². The quantitative estimate of drug-likeness (QED) is 0.834. The molecule has 1 unspecified atom stereocenters. The smallest absolute Gasteiger partial charge is 0.223 e. The maximum absolute atomic E-state index is 12.0. The average molecular weight is 285 g/mol. The summed E-state index contributed by atoms with van der Waals surface area (Å²) in [5, 5.41) is 9.17. The van der Waals surface area contributed by atoms with Crippen molar-refractivity contribution in [2.24, 2.45) is 0 Å². The van der Waals surface area contributed by atoms with Crippen LogP contribution in [0.25, 0.3) is 0 Å². The first-order valence-corrected chi connectivity index (χ1v) is 7.68. The first-order chi connectivity index (χ1) is 8.83. The Balaban J connectivity index is 2.59. The van der Waals surface area contributed by atoms with Gasteiger partial charge in [-0.05, 0) is 19.1 Å². The zero-order chi connectivity index (χ0) is 14.5. The van der Waals surface area contributed by atoms with Crippen LogP contribution in [-0.2, 0) is 14.6 Å². The van der Waals surface area contributed by atoms with Crippen LogP contribution in [0.1, 0.15) is 13.3 Å². The lowest BCUT2D eigenvalue weighted by Gasteiger charge is -2.18. The van der Waals surface area contributed by atoms with Gasteiger partial charge in [0.2, 0.25) is 5.91 Å². The van der Waals surface area contributed by atoms with Gasteiger partial charge in [0.05, 0.1) is 16.8 Å². The Morgan fingerprint density at radius 1 is 1.32 bits per heavy atom. The fraction of sp³-hybridized carbons (Fsp3) is 0.462. The van der Waals surface area contributed by atoms with Crippen LogP contribution in [0.2, 0.25) is 0 Å². The average Bonchev–Trinajstić information content (AvgIpc) is 2.36. The molecule has 0 aliphatic carbocycles. The fourth-order valence-corrected chi connectivity index (χ4v) is 2.91. The predicted molar refractivity (Wildman–Crippen MR) is 72.4 cm³/mol. The van der Waals surface area contributed by atoms with Crippen LogP contribution in [0.4, 0.5) is 0 Å². The zero-order valence-corrected chi connectivity index (χ0v) is 11.9. The molecule has 6 heteroatoms. The van der Waals surface area contributed by atoms with Gasteiger partial charge in [0.1, 0.15) is 0 Å². The molecule has 1 aromatic carbocycles. The number of benzene rings is 1. The number of likely N-dealkylation sites (N-methyl/N-ethyl adjacent to an activating group) is 1. The van der Waals surface area contributed by atoms with Crippen LogP contribution in [0.15, 0.2) is 35.2 Å². The van der Waals surface area contributed by atoms with Gasteiger partial charge in [-0.1, -0.05) is 18.2 Å². The summed E-state index contributed by atoms with van der Waals surface area (Å²) in [5.74, 6) is -0.514. The minimum atomic E-state index is -3.43. The fourth-order valence-electron chi connectivity index (χ4n) is 1.66. The minimum Gasteiger partial charge on any atom is -0.392 e. The lowest BCUT2D eigenvalue weighted by Crippen LogP contribution is -2.34. The van der Waals surface area contributed by atoms with Crippen molar-refractivity contribution in [2.75, 3.05) is 19.3 Å². The monoisotopic (exact) mass is 285 g/mol. The third-order valence-corrected chi connectivity index (χ3v) is 4.38. The number of aliphatic hydroxyl groups is 1. The molecule has 0 fully saturated rings. The van der Waals surface area contributed by atoms with Gasteiger partial charge in [-0.3, -0.25) is 4.79 Å². The molecular weight excluding hydrogens is 266 g/mol. The Hall–Kier alpha value is -1.40. The van der Waals surface area contributed by atoms with Crippen LogP contribution in [0, 0.1) is 0 Å². The van der Waals surface area contributed by atoms with Crippen molar-refractivity contribution in [2.45, 2.75) is 24.3 Å². The molecule has 1 amide bonds. The summed E-state index contributed by atoms with van der Waals surface area (Å²) in [7, 11) is -1.88. The summed E-state index contributed by atoms with van der Waals surface area (Å²) in [4.78, 5) is 13.3. The van der Waals surface area contributed by atoms with E-state index in [1.54, 1.807) is 32.2 Å². The van der Waals surface area contributed by atoms with Crippen molar-refractivity contribution in [1.82, 2.24) is 4.90 Å². The Kier molecular flexibility index (Phi) is 5.50. The van der Waals surface area contributed by atoms with Crippen molar-refractivity contribution < 1.29 is 18.3 Å². The maximum Gasteiger partial charge on any atom is 0.223 e. The second kappa shape index (κ2) is 6.68. The minimum absolute atomic E-state index is 0.0829. The molecule has 0 bridgehead atoms. The van der Waals surface area contributed by atoms with Gasteiger partial charge < -0.3 is 10.0 Å². The van der Waals surface area contributed by atoms with Gasteiger partial charge in [0.15, 0.2) is 9.84 Å². The third-order valence-electron chi connectivity index (χ3n) is 2.65. The van der Waals surface area contributed by atoms with Crippen molar-refractivity contribution >= 4 is 15.7 Å². The van der Waals surface area contributed by atoms with Gasteiger partial charge in [0, 0.05) is 20.0 Å². The van der Waals surface area contributed by atoms with Crippen LogP contribution < -0.4 is 0 Å². The molecular formula is C13H19NO4S. The molecule has 0 radical (unpaired) electrons. The molecule has 19 heavy (non-hydrogen) atoms. The molecule has 1 atom stereocenters. The van der Waals surface area contributed by atoms with Gasteiger partial charge in [-0.25, -0.2) is 8.42 Å².